The molecule has 1 amide bonds. The maximum absolute atomic E-state index is 12.1. The van der Waals surface area contributed by atoms with Crippen molar-refractivity contribution in [1.82, 2.24) is 19.6 Å². The number of hydrogen-bond acceptors (Lipinski definition) is 4. The average molecular weight is 345 g/mol. The molecule has 1 N–H and O–H groups in total. The van der Waals surface area contributed by atoms with E-state index in [0.717, 1.165) is 17.6 Å². The Morgan fingerprint density at radius 1 is 1.55 bits per heavy atom. The third-order valence-electron chi connectivity index (χ3n) is 3.53. The van der Waals surface area contributed by atoms with Crippen molar-refractivity contribution in [2.45, 2.75) is 25.5 Å². The molecule has 2 rings (SSSR count). The number of rotatable bonds is 5. The summed E-state index contributed by atoms with van der Waals surface area (Å²) in [4.78, 5) is 15.9. The van der Waals surface area contributed by atoms with E-state index in [1.165, 1.54) is 0 Å². The molecule has 2 heterocycles. The second kappa shape index (κ2) is 7.19. The molecule has 0 radical (unpaired) electrons. The topological polar surface area (TPSA) is 61.6 Å². The minimum atomic E-state index is -0.241. The molecule has 20 heavy (non-hydrogen) atoms. The highest BCUT2D eigenvalue weighted by Gasteiger charge is 2.21. The van der Waals surface area contributed by atoms with Gasteiger partial charge in [-0.3, -0.25) is 14.4 Å². The Labute approximate surface area is 127 Å². The Morgan fingerprint density at radius 2 is 2.25 bits per heavy atom. The number of aliphatic hydroxyl groups excluding tert-OH is 1. The molecule has 0 aliphatic carbocycles. The molecule has 1 aliphatic heterocycles. The maximum Gasteiger partial charge on any atom is 0.236 e. The van der Waals surface area contributed by atoms with Gasteiger partial charge in [0.05, 0.1) is 29.9 Å². The first kappa shape index (κ1) is 15.5. The number of piperidine rings is 1. The van der Waals surface area contributed by atoms with Gasteiger partial charge in [-0.25, -0.2) is 0 Å². The van der Waals surface area contributed by atoms with Gasteiger partial charge in [0, 0.05) is 25.8 Å². The Morgan fingerprint density at radius 3 is 2.85 bits per heavy atom. The first-order chi connectivity index (χ1) is 9.54. The fourth-order valence-electron chi connectivity index (χ4n) is 2.26. The van der Waals surface area contributed by atoms with E-state index in [1.54, 1.807) is 6.20 Å². The van der Waals surface area contributed by atoms with Crippen LogP contribution in [0.1, 0.15) is 12.8 Å². The predicted octanol–water partition coefficient (Wildman–Crippen LogP) is 0.561. The van der Waals surface area contributed by atoms with Gasteiger partial charge in [0.25, 0.3) is 0 Å². The summed E-state index contributed by atoms with van der Waals surface area (Å²) < 4.78 is 2.81. The molecule has 0 aromatic carbocycles. The number of halogens is 1. The second-order valence-electron chi connectivity index (χ2n) is 5.27. The number of carbonyl (C=O) groups excluding carboxylic acids is 1. The zero-order valence-corrected chi connectivity index (χ0v) is 13.3. The molecule has 0 atom stereocenters. The van der Waals surface area contributed by atoms with Crippen molar-refractivity contribution in [1.29, 1.82) is 0 Å². The lowest BCUT2D eigenvalue weighted by molar-refractivity contribution is -0.134. The van der Waals surface area contributed by atoms with Crippen molar-refractivity contribution >= 4 is 21.8 Å². The standard InChI is InChI=1S/C13H21BrN4O2/c1-16(6-7-18-9-11(14)8-15-18)10-13(20)17-4-2-12(19)3-5-17/h8-9,12,19H,2-7,10H2,1H3. The Balaban J connectivity index is 1.71. The number of aliphatic hydroxyl groups is 1. The van der Waals surface area contributed by atoms with E-state index in [1.807, 2.05) is 27.7 Å². The smallest absolute Gasteiger partial charge is 0.236 e. The van der Waals surface area contributed by atoms with Gasteiger partial charge in [-0.2, -0.15) is 5.10 Å². The van der Waals surface area contributed by atoms with Gasteiger partial charge in [0.1, 0.15) is 0 Å². The molecule has 1 aromatic heterocycles. The van der Waals surface area contributed by atoms with Crippen LogP contribution >= 0.6 is 15.9 Å². The molecule has 0 unspecified atom stereocenters. The average Bonchev–Trinajstić information content (AvgIpc) is 2.83. The zero-order valence-electron chi connectivity index (χ0n) is 11.7. The van der Waals surface area contributed by atoms with Gasteiger partial charge in [0.15, 0.2) is 0 Å². The van der Waals surface area contributed by atoms with Crippen LogP contribution < -0.4 is 0 Å². The van der Waals surface area contributed by atoms with Crippen molar-refractivity contribution in [3.63, 3.8) is 0 Å². The fraction of sp³-hybridized carbons (Fsp3) is 0.692. The van der Waals surface area contributed by atoms with Gasteiger partial charge in [-0.05, 0) is 35.8 Å². The molecule has 0 bridgehead atoms. The summed E-state index contributed by atoms with van der Waals surface area (Å²) in [5.41, 5.74) is 0. The predicted molar refractivity (Wildman–Crippen MR) is 79.2 cm³/mol. The Bertz CT molecular complexity index is 443. The van der Waals surface area contributed by atoms with Gasteiger partial charge >= 0.3 is 0 Å². The summed E-state index contributed by atoms with van der Waals surface area (Å²) >= 11 is 3.36. The van der Waals surface area contributed by atoms with E-state index >= 15 is 0 Å². The number of amides is 1. The van der Waals surface area contributed by atoms with Crippen LogP contribution in [0, 0.1) is 0 Å². The lowest BCUT2D eigenvalue weighted by atomic mass is 10.1. The monoisotopic (exact) mass is 344 g/mol. The SMILES string of the molecule is CN(CCn1cc(Br)cn1)CC(=O)N1CCC(O)CC1. The van der Waals surface area contributed by atoms with Crippen LogP contribution in [0.5, 0.6) is 0 Å². The van der Waals surface area contributed by atoms with Crippen LogP contribution in [0.4, 0.5) is 0 Å². The molecule has 6 nitrogen and oxygen atoms in total. The lowest BCUT2D eigenvalue weighted by Gasteiger charge is -2.31. The summed E-state index contributed by atoms with van der Waals surface area (Å²) in [6, 6.07) is 0. The molecule has 1 aromatic rings. The van der Waals surface area contributed by atoms with E-state index in [4.69, 9.17) is 0 Å². The first-order valence-corrected chi connectivity index (χ1v) is 7.66. The molecular formula is C13H21BrN4O2. The van der Waals surface area contributed by atoms with Crippen LogP contribution in [0.3, 0.4) is 0 Å². The van der Waals surface area contributed by atoms with Gasteiger partial charge < -0.3 is 10.0 Å². The van der Waals surface area contributed by atoms with E-state index < -0.39 is 0 Å². The number of likely N-dealkylation sites (tertiary alicyclic amines) is 1. The number of likely N-dealkylation sites (N-methyl/N-ethyl adjacent to an activating group) is 1. The van der Waals surface area contributed by atoms with E-state index in [9.17, 15) is 9.90 Å². The molecule has 1 saturated heterocycles. The summed E-state index contributed by atoms with van der Waals surface area (Å²) in [5, 5.41) is 13.6. The molecule has 7 heteroatoms. The fourth-order valence-corrected chi connectivity index (χ4v) is 2.59. The molecular weight excluding hydrogens is 324 g/mol. The van der Waals surface area contributed by atoms with E-state index in [0.29, 0.717) is 32.5 Å². The molecule has 1 fully saturated rings. The second-order valence-corrected chi connectivity index (χ2v) is 6.19. The van der Waals surface area contributed by atoms with Crippen molar-refractivity contribution in [3.05, 3.63) is 16.9 Å². The molecule has 1 aliphatic rings. The maximum atomic E-state index is 12.1. The highest BCUT2D eigenvalue weighted by Crippen LogP contribution is 2.10. The minimum absolute atomic E-state index is 0.140. The summed E-state index contributed by atoms with van der Waals surface area (Å²) in [6.07, 6.45) is 4.81. The highest BCUT2D eigenvalue weighted by molar-refractivity contribution is 9.10. The summed E-state index contributed by atoms with van der Waals surface area (Å²) in [7, 11) is 1.94. The third kappa shape index (κ3) is 4.57. The van der Waals surface area contributed by atoms with Gasteiger partial charge in [-0.15, -0.1) is 0 Å². The van der Waals surface area contributed by atoms with Crippen LogP contribution in [0.25, 0.3) is 0 Å². The third-order valence-corrected chi connectivity index (χ3v) is 3.94. The molecule has 112 valence electrons. The normalized spacial score (nSPS) is 16.9. The number of nitrogens with zero attached hydrogens (tertiary/aromatic N) is 4. The van der Waals surface area contributed by atoms with Crippen molar-refractivity contribution in [2.75, 3.05) is 33.2 Å². The highest BCUT2D eigenvalue weighted by atomic mass is 79.9. The lowest BCUT2D eigenvalue weighted by Crippen LogP contribution is -2.44. The van der Waals surface area contributed by atoms with E-state index in [-0.39, 0.29) is 12.0 Å². The Kier molecular flexibility index (Phi) is 5.56. The molecule has 0 spiro atoms. The largest absolute Gasteiger partial charge is 0.393 e. The van der Waals surface area contributed by atoms with E-state index in [2.05, 4.69) is 21.0 Å². The number of hydrogen-bond donors (Lipinski definition) is 1. The first-order valence-electron chi connectivity index (χ1n) is 6.87. The van der Waals surface area contributed by atoms with Crippen molar-refractivity contribution < 1.29 is 9.90 Å². The summed E-state index contributed by atoms with van der Waals surface area (Å²) in [6.45, 7) is 3.28. The number of aromatic nitrogens is 2. The van der Waals surface area contributed by atoms with Gasteiger partial charge in [0.2, 0.25) is 5.91 Å². The van der Waals surface area contributed by atoms with Gasteiger partial charge in [-0.1, -0.05) is 0 Å². The van der Waals surface area contributed by atoms with Crippen LogP contribution in [0.15, 0.2) is 16.9 Å². The van der Waals surface area contributed by atoms with Crippen molar-refractivity contribution in [2.24, 2.45) is 0 Å². The zero-order chi connectivity index (χ0) is 14.5. The number of carbonyl (C=O) groups is 1. The Hall–Kier alpha value is -0.920. The minimum Gasteiger partial charge on any atom is -0.393 e. The van der Waals surface area contributed by atoms with Crippen LogP contribution in [0.2, 0.25) is 0 Å². The van der Waals surface area contributed by atoms with Crippen LogP contribution in [-0.4, -0.2) is 69.9 Å². The quantitative estimate of drug-likeness (QED) is 0.847. The van der Waals surface area contributed by atoms with Crippen molar-refractivity contribution in [3.8, 4) is 0 Å². The van der Waals surface area contributed by atoms with Crippen LogP contribution in [-0.2, 0) is 11.3 Å². The molecule has 0 saturated carbocycles. The summed E-state index contributed by atoms with van der Waals surface area (Å²) in [5.74, 6) is 0.140.